The second kappa shape index (κ2) is 5.56. The molecule has 21 heavy (non-hydrogen) atoms. The zero-order chi connectivity index (χ0) is 15.8. The molecule has 1 heterocycles. The summed E-state index contributed by atoms with van der Waals surface area (Å²) in [6.07, 6.45) is 1.44. The standard InChI is InChI=1S/C16H21F2N3/c1-10-11(2)21(9-19-10)15-13(17)6-12(7-14(15)18)8-20-16(3,4)5/h6-7,9,20H,8H2,1-5H3. The number of nitrogens with zero attached hydrogens (tertiary/aromatic N) is 2. The largest absolute Gasteiger partial charge is 0.308 e. The summed E-state index contributed by atoms with van der Waals surface area (Å²) in [7, 11) is 0. The van der Waals surface area contributed by atoms with Crippen LogP contribution < -0.4 is 5.32 Å². The van der Waals surface area contributed by atoms with Crippen LogP contribution in [-0.2, 0) is 6.54 Å². The van der Waals surface area contributed by atoms with Gasteiger partial charge in [-0.2, -0.15) is 0 Å². The van der Waals surface area contributed by atoms with Gasteiger partial charge in [-0.15, -0.1) is 0 Å². The predicted molar refractivity (Wildman–Crippen MR) is 79.5 cm³/mol. The maximum atomic E-state index is 14.3. The van der Waals surface area contributed by atoms with Crippen molar-refractivity contribution in [3.8, 4) is 5.69 Å². The van der Waals surface area contributed by atoms with Crippen molar-refractivity contribution in [1.29, 1.82) is 0 Å². The molecule has 0 amide bonds. The van der Waals surface area contributed by atoms with E-state index in [0.29, 0.717) is 12.1 Å². The van der Waals surface area contributed by atoms with Crippen LogP contribution in [0, 0.1) is 25.5 Å². The molecule has 0 aliphatic heterocycles. The Bertz CT molecular complexity index is 631. The van der Waals surface area contributed by atoms with E-state index in [-0.39, 0.29) is 11.2 Å². The first-order valence-electron chi connectivity index (χ1n) is 6.93. The van der Waals surface area contributed by atoms with Gasteiger partial charge >= 0.3 is 0 Å². The first-order chi connectivity index (χ1) is 9.69. The van der Waals surface area contributed by atoms with Gasteiger partial charge in [0.2, 0.25) is 0 Å². The van der Waals surface area contributed by atoms with Crippen molar-refractivity contribution in [1.82, 2.24) is 14.9 Å². The molecule has 0 spiro atoms. The summed E-state index contributed by atoms with van der Waals surface area (Å²) >= 11 is 0. The smallest absolute Gasteiger partial charge is 0.150 e. The Balaban J connectivity index is 2.36. The molecular formula is C16H21F2N3. The SMILES string of the molecule is Cc1ncn(-c2c(F)cc(CNC(C)(C)C)cc2F)c1C. The van der Waals surface area contributed by atoms with Gasteiger partial charge in [0.15, 0.2) is 11.6 Å². The topological polar surface area (TPSA) is 29.9 Å². The number of nitrogens with one attached hydrogen (secondary N) is 1. The fourth-order valence-corrected chi connectivity index (χ4v) is 2.04. The molecule has 0 radical (unpaired) electrons. The highest BCUT2D eigenvalue weighted by molar-refractivity contribution is 5.40. The fourth-order valence-electron chi connectivity index (χ4n) is 2.04. The molecule has 2 rings (SSSR count). The van der Waals surface area contributed by atoms with Crippen LogP contribution in [0.2, 0.25) is 0 Å². The van der Waals surface area contributed by atoms with Crippen LogP contribution in [0.5, 0.6) is 0 Å². The third-order valence-corrected chi connectivity index (χ3v) is 3.39. The quantitative estimate of drug-likeness (QED) is 0.936. The highest BCUT2D eigenvalue weighted by Crippen LogP contribution is 2.22. The lowest BCUT2D eigenvalue weighted by Gasteiger charge is -2.21. The molecule has 1 N–H and O–H groups in total. The van der Waals surface area contributed by atoms with Crippen molar-refractivity contribution in [2.24, 2.45) is 0 Å². The summed E-state index contributed by atoms with van der Waals surface area (Å²) in [4.78, 5) is 4.08. The third-order valence-electron chi connectivity index (χ3n) is 3.39. The van der Waals surface area contributed by atoms with Gasteiger partial charge in [0.05, 0.1) is 12.0 Å². The van der Waals surface area contributed by atoms with E-state index in [0.717, 1.165) is 11.4 Å². The van der Waals surface area contributed by atoms with Crippen molar-refractivity contribution in [2.75, 3.05) is 0 Å². The molecule has 0 atom stereocenters. The highest BCUT2D eigenvalue weighted by atomic mass is 19.1. The maximum absolute atomic E-state index is 14.3. The molecule has 0 bridgehead atoms. The van der Waals surface area contributed by atoms with E-state index in [9.17, 15) is 8.78 Å². The van der Waals surface area contributed by atoms with Crippen LogP contribution in [0.25, 0.3) is 5.69 Å². The van der Waals surface area contributed by atoms with Crippen molar-refractivity contribution < 1.29 is 8.78 Å². The van der Waals surface area contributed by atoms with E-state index in [1.165, 1.54) is 23.0 Å². The maximum Gasteiger partial charge on any atom is 0.150 e. The number of hydrogen-bond acceptors (Lipinski definition) is 2. The Morgan fingerprint density at radius 3 is 2.14 bits per heavy atom. The minimum absolute atomic E-state index is 0.0763. The molecule has 2 aromatic rings. The van der Waals surface area contributed by atoms with Gasteiger partial charge < -0.3 is 5.32 Å². The van der Waals surface area contributed by atoms with Crippen LogP contribution in [-0.4, -0.2) is 15.1 Å². The fraction of sp³-hybridized carbons (Fsp3) is 0.438. The minimum atomic E-state index is -0.582. The predicted octanol–water partition coefficient (Wildman–Crippen LogP) is 3.66. The molecule has 0 saturated carbocycles. The second-order valence-electron chi connectivity index (χ2n) is 6.30. The van der Waals surface area contributed by atoms with Gasteiger partial charge in [-0.3, -0.25) is 4.57 Å². The minimum Gasteiger partial charge on any atom is -0.308 e. The normalized spacial score (nSPS) is 12.0. The molecule has 1 aromatic carbocycles. The summed E-state index contributed by atoms with van der Waals surface area (Å²) in [6.45, 7) is 10.0. The summed E-state index contributed by atoms with van der Waals surface area (Å²) < 4.78 is 30.0. The summed E-state index contributed by atoms with van der Waals surface area (Å²) in [6, 6.07) is 2.73. The van der Waals surface area contributed by atoms with E-state index >= 15 is 0 Å². The lowest BCUT2D eigenvalue weighted by molar-refractivity contribution is 0.422. The monoisotopic (exact) mass is 293 g/mol. The van der Waals surface area contributed by atoms with Crippen molar-refractivity contribution >= 4 is 0 Å². The van der Waals surface area contributed by atoms with Crippen LogP contribution in [0.1, 0.15) is 37.7 Å². The van der Waals surface area contributed by atoms with Crippen LogP contribution >= 0.6 is 0 Å². The van der Waals surface area contributed by atoms with E-state index in [2.05, 4.69) is 10.3 Å². The molecule has 0 aliphatic carbocycles. The van der Waals surface area contributed by atoms with Gasteiger partial charge in [0.25, 0.3) is 0 Å². The van der Waals surface area contributed by atoms with E-state index in [1.807, 2.05) is 27.7 Å². The average Bonchev–Trinajstić information content (AvgIpc) is 2.67. The van der Waals surface area contributed by atoms with Crippen molar-refractivity contribution in [3.63, 3.8) is 0 Å². The highest BCUT2D eigenvalue weighted by Gasteiger charge is 2.17. The Morgan fingerprint density at radius 1 is 1.14 bits per heavy atom. The van der Waals surface area contributed by atoms with Crippen LogP contribution in [0.4, 0.5) is 8.78 Å². The van der Waals surface area contributed by atoms with Crippen LogP contribution in [0.15, 0.2) is 18.5 Å². The number of benzene rings is 1. The summed E-state index contributed by atoms with van der Waals surface area (Å²) in [5.41, 5.74) is 1.88. The molecular weight excluding hydrogens is 272 g/mol. The van der Waals surface area contributed by atoms with E-state index < -0.39 is 11.6 Å². The molecule has 3 nitrogen and oxygen atoms in total. The number of imidazole rings is 1. The Morgan fingerprint density at radius 2 is 1.71 bits per heavy atom. The van der Waals surface area contributed by atoms with Gasteiger partial charge in [0.1, 0.15) is 5.69 Å². The lowest BCUT2D eigenvalue weighted by atomic mass is 10.1. The Labute approximate surface area is 124 Å². The first kappa shape index (κ1) is 15.6. The Hall–Kier alpha value is -1.75. The molecule has 114 valence electrons. The van der Waals surface area contributed by atoms with Gasteiger partial charge in [-0.05, 0) is 52.3 Å². The number of rotatable bonds is 3. The van der Waals surface area contributed by atoms with E-state index in [1.54, 1.807) is 6.92 Å². The van der Waals surface area contributed by atoms with E-state index in [4.69, 9.17) is 0 Å². The first-order valence-corrected chi connectivity index (χ1v) is 6.93. The zero-order valence-electron chi connectivity index (χ0n) is 13.1. The zero-order valence-corrected chi connectivity index (χ0v) is 13.1. The molecule has 0 unspecified atom stereocenters. The van der Waals surface area contributed by atoms with Crippen LogP contribution in [0.3, 0.4) is 0 Å². The number of aromatic nitrogens is 2. The summed E-state index contributed by atoms with van der Waals surface area (Å²) in [5, 5.41) is 3.21. The molecule has 0 aliphatic rings. The number of hydrogen-bond donors (Lipinski definition) is 1. The third kappa shape index (κ3) is 3.47. The van der Waals surface area contributed by atoms with Crippen molar-refractivity contribution in [3.05, 3.63) is 47.0 Å². The molecule has 0 saturated heterocycles. The number of aryl methyl sites for hydroxylation is 1. The molecule has 0 fully saturated rings. The van der Waals surface area contributed by atoms with Crippen molar-refractivity contribution in [2.45, 2.75) is 46.7 Å². The van der Waals surface area contributed by atoms with Gasteiger partial charge in [0, 0.05) is 17.8 Å². The number of halogens is 2. The lowest BCUT2D eigenvalue weighted by Crippen LogP contribution is -2.35. The molecule has 5 heteroatoms. The Kier molecular flexibility index (Phi) is 4.14. The second-order valence-corrected chi connectivity index (χ2v) is 6.30. The molecule has 1 aromatic heterocycles. The van der Waals surface area contributed by atoms with Gasteiger partial charge in [-0.25, -0.2) is 13.8 Å². The average molecular weight is 293 g/mol. The summed E-state index contributed by atoms with van der Waals surface area (Å²) in [5.74, 6) is -1.16. The van der Waals surface area contributed by atoms with Gasteiger partial charge in [-0.1, -0.05) is 0 Å².